The fraction of sp³-hybridized carbons (Fsp3) is 0.588. The van der Waals surface area contributed by atoms with E-state index in [2.05, 4.69) is 41.4 Å². The van der Waals surface area contributed by atoms with Gasteiger partial charge >= 0.3 is 0 Å². The van der Waals surface area contributed by atoms with Crippen molar-refractivity contribution < 1.29 is 4.79 Å². The third-order valence-electron chi connectivity index (χ3n) is 4.87. The van der Waals surface area contributed by atoms with E-state index < -0.39 is 0 Å². The topological polar surface area (TPSA) is 32.3 Å². The molecule has 0 aromatic heterocycles. The normalized spacial score (nSPS) is 25.6. The maximum absolute atomic E-state index is 12.3. The number of nitrogens with one attached hydrogen (secondary N) is 1. The molecule has 1 aromatic carbocycles. The Labute approximate surface area is 121 Å². The summed E-state index contributed by atoms with van der Waals surface area (Å²) < 4.78 is 0. The summed E-state index contributed by atoms with van der Waals surface area (Å²) in [6.45, 7) is 6.22. The third-order valence-corrected chi connectivity index (χ3v) is 4.87. The van der Waals surface area contributed by atoms with E-state index in [0.717, 1.165) is 32.6 Å². The molecule has 2 aliphatic heterocycles. The number of carbonyl (C=O) groups is 1. The third kappa shape index (κ3) is 2.88. The largest absolute Gasteiger partial charge is 0.342 e. The van der Waals surface area contributed by atoms with Crippen LogP contribution in [0.5, 0.6) is 0 Å². The molecule has 1 spiro atoms. The number of nitrogens with zero attached hydrogens (tertiary/aromatic N) is 1. The molecule has 3 rings (SSSR count). The zero-order valence-electron chi connectivity index (χ0n) is 12.3. The van der Waals surface area contributed by atoms with Gasteiger partial charge in [-0.1, -0.05) is 29.8 Å². The summed E-state index contributed by atoms with van der Waals surface area (Å²) in [7, 11) is 0. The fourth-order valence-electron chi connectivity index (χ4n) is 3.46. The van der Waals surface area contributed by atoms with Crippen LogP contribution in [0, 0.1) is 12.3 Å². The van der Waals surface area contributed by atoms with Gasteiger partial charge in [-0.05, 0) is 38.3 Å². The summed E-state index contributed by atoms with van der Waals surface area (Å²) in [6.07, 6.45) is 3.92. The molecule has 2 aliphatic rings. The Bertz CT molecular complexity index is 474. The van der Waals surface area contributed by atoms with Crippen molar-refractivity contribution in [2.75, 3.05) is 26.2 Å². The smallest absolute Gasteiger partial charge is 0.222 e. The molecule has 2 heterocycles. The quantitative estimate of drug-likeness (QED) is 0.914. The van der Waals surface area contributed by atoms with Crippen molar-refractivity contribution >= 4 is 5.91 Å². The molecule has 2 saturated heterocycles. The van der Waals surface area contributed by atoms with Crippen molar-refractivity contribution in [2.45, 2.75) is 32.6 Å². The van der Waals surface area contributed by atoms with Gasteiger partial charge in [0.15, 0.2) is 0 Å². The lowest BCUT2D eigenvalue weighted by molar-refractivity contribution is -0.130. The average Bonchev–Trinajstić information content (AvgIpc) is 3.09. The van der Waals surface area contributed by atoms with Crippen molar-refractivity contribution in [2.24, 2.45) is 5.41 Å². The second-order valence-corrected chi connectivity index (χ2v) is 6.48. The van der Waals surface area contributed by atoms with E-state index in [9.17, 15) is 4.79 Å². The van der Waals surface area contributed by atoms with Gasteiger partial charge in [-0.25, -0.2) is 0 Å². The van der Waals surface area contributed by atoms with Crippen molar-refractivity contribution in [3.63, 3.8) is 0 Å². The van der Waals surface area contributed by atoms with Crippen LogP contribution in [0.25, 0.3) is 0 Å². The van der Waals surface area contributed by atoms with Gasteiger partial charge in [0.2, 0.25) is 5.91 Å². The Morgan fingerprint density at radius 1 is 1.30 bits per heavy atom. The van der Waals surface area contributed by atoms with E-state index >= 15 is 0 Å². The van der Waals surface area contributed by atoms with Crippen LogP contribution < -0.4 is 5.32 Å². The molecular weight excluding hydrogens is 248 g/mol. The Balaban J connectivity index is 1.51. The monoisotopic (exact) mass is 272 g/mol. The lowest BCUT2D eigenvalue weighted by atomic mass is 9.86. The van der Waals surface area contributed by atoms with Crippen molar-refractivity contribution in [1.29, 1.82) is 0 Å². The number of amides is 1. The Hall–Kier alpha value is -1.35. The molecule has 20 heavy (non-hydrogen) atoms. The summed E-state index contributed by atoms with van der Waals surface area (Å²) in [6, 6.07) is 8.51. The highest BCUT2D eigenvalue weighted by molar-refractivity contribution is 5.76. The number of carbonyl (C=O) groups excluding carboxylic acids is 1. The van der Waals surface area contributed by atoms with Crippen molar-refractivity contribution in [3.8, 4) is 0 Å². The van der Waals surface area contributed by atoms with Crippen LogP contribution in [0.3, 0.4) is 0 Å². The zero-order chi connectivity index (χ0) is 14.0. The number of likely N-dealkylation sites (tertiary alicyclic amines) is 1. The summed E-state index contributed by atoms with van der Waals surface area (Å²) in [5.74, 6) is 0.328. The molecule has 1 amide bonds. The molecule has 3 nitrogen and oxygen atoms in total. The summed E-state index contributed by atoms with van der Waals surface area (Å²) in [4.78, 5) is 14.4. The van der Waals surface area contributed by atoms with E-state index in [0.29, 0.717) is 17.7 Å². The molecule has 0 saturated carbocycles. The van der Waals surface area contributed by atoms with Gasteiger partial charge in [0.1, 0.15) is 0 Å². The highest BCUT2D eigenvalue weighted by Crippen LogP contribution is 2.36. The SMILES string of the molecule is Cc1ccc(CCC(=O)N2CCC3(CCNC3)C2)cc1. The van der Waals surface area contributed by atoms with E-state index in [-0.39, 0.29) is 0 Å². The predicted octanol–water partition coefficient (Wildman–Crippen LogP) is 2.14. The van der Waals surface area contributed by atoms with Gasteiger partial charge in [-0.15, -0.1) is 0 Å². The second kappa shape index (κ2) is 5.57. The van der Waals surface area contributed by atoms with Gasteiger partial charge in [0.05, 0.1) is 0 Å². The molecule has 0 bridgehead atoms. The van der Waals surface area contributed by atoms with Gasteiger partial charge in [-0.3, -0.25) is 4.79 Å². The van der Waals surface area contributed by atoms with Crippen molar-refractivity contribution in [3.05, 3.63) is 35.4 Å². The van der Waals surface area contributed by atoms with E-state index in [4.69, 9.17) is 0 Å². The molecule has 2 fully saturated rings. The standard InChI is InChI=1S/C17H24N2O/c1-14-2-4-15(5-3-14)6-7-16(20)19-11-9-17(13-19)8-10-18-12-17/h2-5,18H,6-13H2,1H3. The van der Waals surface area contributed by atoms with Gasteiger partial charge in [0, 0.05) is 31.5 Å². The van der Waals surface area contributed by atoms with Gasteiger partial charge in [-0.2, -0.15) is 0 Å². The zero-order valence-corrected chi connectivity index (χ0v) is 12.3. The first kappa shape index (κ1) is 13.6. The van der Waals surface area contributed by atoms with Crippen LogP contribution in [0.15, 0.2) is 24.3 Å². The Kier molecular flexibility index (Phi) is 3.79. The number of benzene rings is 1. The maximum atomic E-state index is 12.3. The maximum Gasteiger partial charge on any atom is 0.222 e. The first-order valence-electron chi connectivity index (χ1n) is 7.71. The molecule has 0 aliphatic carbocycles. The second-order valence-electron chi connectivity index (χ2n) is 6.48. The molecule has 108 valence electrons. The minimum atomic E-state index is 0.328. The summed E-state index contributed by atoms with van der Waals surface area (Å²) in [5, 5.41) is 3.44. The molecule has 1 unspecified atom stereocenters. The minimum Gasteiger partial charge on any atom is -0.342 e. The number of hydrogen-bond donors (Lipinski definition) is 1. The average molecular weight is 272 g/mol. The van der Waals surface area contributed by atoms with Crippen LogP contribution in [-0.2, 0) is 11.2 Å². The highest BCUT2D eigenvalue weighted by atomic mass is 16.2. The lowest BCUT2D eigenvalue weighted by Crippen LogP contribution is -2.33. The first-order chi connectivity index (χ1) is 9.67. The van der Waals surface area contributed by atoms with E-state index in [1.54, 1.807) is 0 Å². The minimum absolute atomic E-state index is 0.328. The Morgan fingerprint density at radius 3 is 2.80 bits per heavy atom. The Morgan fingerprint density at radius 2 is 2.10 bits per heavy atom. The first-order valence-corrected chi connectivity index (χ1v) is 7.71. The molecule has 1 atom stereocenters. The van der Waals surface area contributed by atoms with E-state index in [1.807, 2.05) is 0 Å². The molecule has 1 aromatic rings. The highest BCUT2D eigenvalue weighted by Gasteiger charge is 2.41. The van der Waals surface area contributed by atoms with Crippen LogP contribution in [-0.4, -0.2) is 37.0 Å². The van der Waals surface area contributed by atoms with Crippen LogP contribution >= 0.6 is 0 Å². The summed E-state index contributed by atoms with van der Waals surface area (Å²) in [5.41, 5.74) is 2.93. The van der Waals surface area contributed by atoms with Gasteiger partial charge in [0.25, 0.3) is 0 Å². The lowest BCUT2D eigenvalue weighted by Gasteiger charge is -2.22. The number of rotatable bonds is 3. The predicted molar refractivity (Wildman–Crippen MR) is 80.6 cm³/mol. The number of aryl methyl sites for hydroxylation is 2. The molecular formula is C17H24N2O. The van der Waals surface area contributed by atoms with E-state index in [1.165, 1.54) is 24.0 Å². The molecule has 3 heteroatoms. The van der Waals surface area contributed by atoms with Gasteiger partial charge < -0.3 is 10.2 Å². The van der Waals surface area contributed by atoms with Crippen LogP contribution in [0.1, 0.15) is 30.4 Å². The molecule has 1 N–H and O–H groups in total. The van der Waals surface area contributed by atoms with Crippen molar-refractivity contribution in [1.82, 2.24) is 10.2 Å². The molecule has 0 radical (unpaired) electrons. The fourth-order valence-corrected chi connectivity index (χ4v) is 3.46. The van der Waals surface area contributed by atoms with Crippen LogP contribution in [0.4, 0.5) is 0 Å². The summed E-state index contributed by atoms with van der Waals surface area (Å²) >= 11 is 0. The number of hydrogen-bond acceptors (Lipinski definition) is 2. The van der Waals surface area contributed by atoms with Crippen LogP contribution in [0.2, 0.25) is 0 Å².